The average molecular weight is 427 g/mol. The van der Waals surface area contributed by atoms with Crippen LogP contribution in [0.15, 0.2) is 42.5 Å². The summed E-state index contributed by atoms with van der Waals surface area (Å²) in [6.45, 7) is 6.78. The van der Waals surface area contributed by atoms with Gasteiger partial charge in [-0.1, -0.05) is 49.6 Å². The number of ether oxygens (including phenoxy) is 2. The Morgan fingerprint density at radius 3 is 2.45 bits per heavy atom. The number of rotatable bonds is 10. The molecule has 170 valence electrons. The molecule has 1 fully saturated rings. The van der Waals surface area contributed by atoms with E-state index < -0.39 is 6.10 Å². The van der Waals surface area contributed by atoms with Gasteiger partial charge in [0, 0.05) is 19.6 Å². The first-order valence-electron chi connectivity index (χ1n) is 11.6. The van der Waals surface area contributed by atoms with Crippen molar-refractivity contribution in [3.8, 4) is 11.5 Å². The molecule has 0 radical (unpaired) electrons. The number of hydrogen-bond acceptors (Lipinski definition) is 5. The van der Waals surface area contributed by atoms with Gasteiger partial charge in [-0.3, -0.25) is 0 Å². The smallest absolute Gasteiger partial charge is 0.161 e. The Labute approximate surface area is 187 Å². The van der Waals surface area contributed by atoms with Gasteiger partial charge in [0.15, 0.2) is 11.5 Å². The van der Waals surface area contributed by atoms with Crippen LogP contribution in [0.2, 0.25) is 0 Å². The fraction of sp³-hybridized carbons (Fsp3) is 0.538. The summed E-state index contributed by atoms with van der Waals surface area (Å²) >= 11 is 0. The normalized spacial score (nSPS) is 16.4. The summed E-state index contributed by atoms with van der Waals surface area (Å²) < 4.78 is 11.4. The molecule has 1 heterocycles. The van der Waals surface area contributed by atoms with Gasteiger partial charge < -0.3 is 24.8 Å². The third-order valence-electron chi connectivity index (χ3n) is 5.98. The maximum Gasteiger partial charge on any atom is 0.161 e. The van der Waals surface area contributed by atoms with E-state index in [1.54, 1.807) is 7.11 Å². The van der Waals surface area contributed by atoms with Crippen LogP contribution >= 0.6 is 0 Å². The van der Waals surface area contributed by atoms with E-state index in [9.17, 15) is 5.11 Å². The number of aryl methyl sites for hydroxylation is 1. The molecule has 2 aromatic carbocycles. The lowest BCUT2D eigenvalue weighted by atomic mass is 10.1. The highest BCUT2D eigenvalue weighted by molar-refractivity contribution is 5.43. The lowest BCUT2D eigenvalue weighted by Gasteiger charge is -2.26. The number of methoxy groups -OCH3 is 1. The quantitative estimate of drug-likeness (QED) is 0.593. The van der Waals surface area contributed by atoms with Gasteiger partial charge in [-0.2, -0.15) is 0 Å². The predicted octanol–water partition coefficient (Wildman–Crippen LogP) is 4.30. The summed E-state index contributed by atoms with van der Waals surface area (Å²) in [4.78, 5) is 2.37. The Morgan fingerprint density at radius 2 is 1.71 bits per heavy atom. The van der Waals surface area contributed by atoms with Gasteiger partial charge >= 0.3 is 0 Å². The highest BCUT2D eigenvalue weighted by Gasteiger charge is 2.15. The fourth-order valence-electron chi connectivity index (χ4n) is 4.13. The van der Waals surface area contributed by atoms with E-state index in [1.165, 1.54) is 43.2 Å². The second-order valence-corrected chi connectivity index (χ2v) is 8.55. The van der Waals surface area contributed by atoms with E-state index in [0.717, 1.165) is 31.7 Å². The van der Waals surface area contributed by atoms with E-state index in [0.29, 0.717) is 18.0 Å². The standard InChI is InChI=1S/C26H38N2O3/c1-21-10-6-7-11-23(21)18-27-17-22-12-13-25(30-2)26(16-22)31-20-24(29)19-28-14-8-4-3-5-9-15-28/h6-7,10-13,16,24,27,29H,3-5,8-9,14-15,17-20H2,1-2H3. The van der Waals surface area contributed by atoms with E-state index in [1.807, 2.05) is 18.2 Å². The van der Waals surface area contributed by atoms with Crippen molar-refractivity contribution in [2.24, 2.45) is 0 Å². The molecule has 1 saturated heterocycles. The van der Waals surface area contributed by atoms with E-state index in [-0.39, 0.29) is 6.61 Å². The van der Waals surface area contributed by atoms with Crippen LogP contribution in [0.25, 0.3) is 0 Å². The summed E-state index contributed by atoms with van der Waals surface area (Å²) in [6, 6.07) is 14.4. The Balaban J connectivity index is 1.50. The highest BCUT2D eigenvalue weighted by atomic mass is 16.5. The summed E-state index contributed by atoms with van der Waals surface area (Å²) in [5, 5.41) is 14.0. The molecule has 0 spiro atoms. The zero-order valence-corrected chi connectivity index (χ0v) is 19.1. The molecular formula is C26H38N2O3. The van der Waals surface area contributed by atoms with E-state index >= 15 is 0 Å². The lowest BCUT2D eigenvalue weighted by molar-refractivity contribution is 0.0644. The first-order chi connectivity index (χ1) is 15.2. The van der Waals surface area contributed by atoms with Crippen LogP contribution in [0, 0.1) is 6.92 Å². The third kappa shape index (κ3) is 7.84. The van der Waals surface area contributed by atoms with Crippen LogP contribution in [0.1, 0.15) is 48.8 Å². The number of benzene rings is 2. The minimum absolute atomic E-state index is 0.271. The van der Waals surface area contributed by atoms with Gasteiger partial charge in [0.1, 0.15) is 12.7 Å². The van der Waals surface area contributed by atoms with Crippen molar-refractivity contribution in [1.29, 1.82) is 0 Å². The average Bonchev–Trinajstić information content (AvgIpc) is 2.75. The topological polar surface area (TPSA) is 54.0 Å². The highest BCUT2D eigenvalue weighted by Crippen LogP contribution is 2.28. The second kappa shape index (κ2) is 12.7. The Morgan fingerprint density at radius 1 is 0.968 bits per heavy atom. The van der Waals surface area contributed by atoms with Crippen molar-refractivity contribution < 1.29 is 14.6 Å². The molecule has 2 N–H and O–H groups in total. The molecule has 1 aliphatic heterocycles. The van der Waals surface area contributed by atoms with Gasteiger partial charge in [0.05, 0.1) is 7.11 Å². The minimum atomic E-state index is -0.507. The van der Waals surface area contributed by atoms with E-state index in [4.69, 9.17) is 9.47 Å². The van der Waals surface area contributed by atoms with Crippen molar-refractivity contribution in [2.45, 2.75) is 58.2 Å². The molecule has 0 aliphatic carbocycles. The Kier molecular flexibility index (Phi) is 9.66. The van der Waals surface area contributed by atoms with E-state index in [2.05, 4.69) is 41.4 Å². The van der Waals surface area contributed by atoms with Crippen LogP contribution in [0.3, 0.4) is 0 Å². The number of β-amino-alcohol motifs (C(OH)–C–C–N with tert-alkyl or cyclic N) is 1. The molecule has 0 bridgehead atoms. The van der Waals surface area contributed by atoms with Crippen LogP contribution in [0.4, 0.5) is 0 Å². The molecule has 0 aromatic heterocycles. The molecule has 5 heteroatoms. The molecule has 3 rings (SSSR count). The molecule has 5 nitrogen and oxygen atoms in total. The summed E-state index contributed by atoms with van der Waals surface area (Å²) in [7, 11) is 1.65. The third-order valence-corrected chi connectivity index (χ3v) is 5.98. The number of likely N-dealkylation sites (tertiary alicyclic amines) is 1. The number of nitrogens with one attached hydrogen (secondary N) is 1. The van der Waals surface area contributed by atoms with Crippen LogP contribution in [0.5, 0.6) is 11.5 Å². The van der Waals surface area contributed by atoms with Crippen molar-refractivity contribution >= 4 is 0 Å². The van der Waals surface area contributed by atoms with Gasteiger partial charge in [0.25, 0.3) is 0 Å². The predicted molar refractivity (Wildman–Crippen MR) is 126 cm³/mol. The molecule has 2 aromatic rings. The van der Waals surface area contributed by atoms with Crippen molar-refractivity contribution in [3.63, 3.8) is 0 Å². The number of nitrogens with zero attached hydrogens (tertiary/aromatic N) is 1. The zero-order chi connectivity index (χ0) is 21.9. The van der Waals surface area contributed by atoms with Crippen molar-refractivity contribution in [3.05, 3.63) is 59.2 Å². The van der Waals surface area contributed by atoms with Crippen molar-refractivity contribution in [2.75, 3.05) is 33.4 Å². The monoisotopic (exact) mass is 426 g/mol. The summed E-state index contributed by atoms with van der Waals surface area (Å²) in [5.74, 6) is 1.38. The maximum atomic E-state index is 10.5. The molecule has 0 saturated carbocycles. The fourth-order valence-corrected chi connectivity index (χ4v) is 4.13. The first-order valence-corrected chi connectivity index (χ1v) is 11.6. The maximum absolute atomic E-state index is 10.5. The van der Waals surface area contributed by atoms with Crippen LogP contribution < -0.4 is 14.8 Å². The first kappa shape index (κ1) is 23.6. The zero-order valence-electron chi connectivity index (χ0n) is 19.1. The molecule has 1 unspecified atom stereocenters. The van der Waals surface area contributed by atoms with Gasteiger partial charge in [0.2, 0.25) is 0 Å². The van der Waals surface area contributed by atoms with Gasteiger partial charge in [-0.15, -0.1) is 0 Å². The Bertz CT molecular complexity index is 788. The molecule has 0 amide bonds. The number of aliphatic hydroxyl groups is 1. The van der Waals surface area contributed by atoms with Gasteiger partial charge in [-0.25, -0.2) is 0 Å². The largest absolute Gasteiger partial charge is 0.493 e. The van der Waals surface area contributed by atoms with Crippen molar-refractivity contribution in [1.82, 2.24) is 10.2 Å². The summed E-state index contributed by atoms with van der Waals surface area (Å²) in [5.41, 5.74) is 3.73. The number of hydrogen-bond donors (Lipinski definition) is 2. The SMILES string of the molecule is COc1ccc(CNCc2ccccc2C)cc1OCC(O)CN1CCCCCCC1. The Hall–Kier alpha value is -2.08. The molecule has 31 heavy (non-hydrogen) atoms. The van der Waals surface area contributed by atoms with Gasteiger partial charge in [-0.05, 0) is 61.7 Å². The lowest BCUT2D eigenvalue weighted by Crippen LogP contribution is -2.37. The number of aliphatic hydroxyl groups excluding tert-OH is 1. The molecular weight excluding hydrogens is 388 g/mol. The molecule has 1 atom stereocenters. The van der Waals surface area contributed by atoms with Crippen LogP contribution in [-0.2, 0) is 13.1 Å². The summed E-state index contributed by atoms with van der Waals surface area (Å²) in [6.07, 6.45) is 5.87. The van der Waals surface area contributed by atoms with Crippen LogP contribution in [-0.4, -0.2) is 49.5 Å². The second-order valence-electron chi connectivity index (χ2n) is 8.55. The molecule has 1 aliphatic rings. The minimum Gasteiger partial charge on any atom is -0.493 e.